The Morgan fingerprint density at radius 3 is 2.73 bits per heavy atom. The summed E-state index contributed by atoms with van der Waals surface area (Å²) in [6.07, 6.45) is -0.299. The van der Waals surface area contributed by atoms with E-state index >= 15 is 0 Å². The standard InChI is InChI=1S/C8H13NO2/c1-7(3-9)11-6-8(2)4-10-5-8/h7H,4-6H2,1-2H3. The van der Waals surface area contributed by atoms with Crippen molar-refractivity contribution in [1.29, 1.82) is 5.26 Å². The fraction of sp³-hybridized carbons (Fsp3) is 0.875. The molecule has 0 saturated carbocycles. The molecule has 0 aromatic heterocycles. The molecular weight excluding hydrogens is 142 g/mol. The van der Waals surface area contributed by atoms with E-state index in [2.05, 4.69) is 6.92 Å². The lowest BCUT2D eigenvalue weighted by Gasteiger charge is -2.37. The van der Waals surface area contributed by atoms with Crippen LogP contribution >= 0.6 is 0 Å². The number of rotatable bonds is 3. The van der Waals surface area contributed by atoms with Crippen molar-refractivity contribution in [2.75, 3.05) is 19.8 Å². The highest BCUT2D eigenvalue weighted by Crippen LogP contribution is 2.26. The van der Waals surface area contributed by atoms with Crippen LogP contribution in [-0.4, -0.2) is 25.9 Å². The molecule has 1 saturated heterocycles. The molecule has 0 spiro atoms. The molecule has 0 aliphatic carbocycles. The molecule has 0 N–H and O–H groups in total. The molecule has 0 radical (unpaired) electrons. The first kappa shape index (κ1) is 8.51. The van der Waals surface area contributed by atoms with Gasteiger partial charge >= 0.3 is 0 Å². The van der Waals surface area contributed by atoms with Crippen molar-refractivity contribution < 1.29 is 9.47 Å². The maximum absolute atomic E-state index is 8.42. The fourth-order valence-corrected chi connectivity index (χ4v) is 0.897. The third kappa shape index (κ3) is 2.18. The van der Waals surface area contributed by atoms with Gasteiger partial charge in [0.25, 0.3) is 0 Å². The van der Waals surface area contributed by atoms with Crippen molar-refractivity contribution in [3.05, 3.63) is 0 Å². The number of hydrogen-bond donors (Lipinski definition) is 0. The first-order valence-corrected chi connectivity index (χ1v) is 3.75. The van der Waals surface area contributed by atoms with E-state index in [1.165, 1.54) is 0 Å². The van der Waals surface area contributed by atoms with Gasteiger partial charge in [-0.3, -0.25) is 0 Å². The molecule has 11 heavy (non-hydrogen) atoms. The highest BCUT2D eigenvalue weighted by atomic mass is 16.5. The summed E-state index contributed by atoms with van der Waals surface area (Å²) >= 11 is 0. The van der Waals surface area contributed by atoms with Gasteiger partial charge in [0.2, 0.25) is 0 Å². The van der Waals surface area contributed by atoms with Crippen molar-refractivity contribution in [3.8, 4) is 6.07 Å². The number of hydrogen-bond acceptors (Lipinski definition) is 3. The molecule has 3 heteroatoms. The lowest BCUT2D eigenvalue weighted by atomic mass is 9.90. The summed E-state index contributed by atoms with van der Waals surface area (Å²) in [5.74, 6) is 0. The van der Waals surface area contributed by atoms with E-state index in [-0.39, 0.29) is 11.5 Å². The van der Waals surface area contributed by atoms with Crippen LogP contribution in [-0.2, 0) is 9.47 Å². The smallest absolute Gasteiger partial charge is 0.141 e. The molecule has 1 unspecified atom stereocenters. The third-order valence-electron chi connectivity index (χ3n) is 1.76. The summed E-state index contributed by atoms with van der Waals surface area (Å²) in [7, 11) is 0. The summed E-state index contributed by atoms with van der Waals surface area (Å²) in [6.45, 7) is 5.99. The summed E-state index contributed by atoms with van der Waals surface area (Å²) in [5, 5.41) is 8.42. The maximum atomic E-state index is 8.42. The van der Waals surface area contributed by atoms with Crippen LogP contribution < -0.4 is 0 Å². The number of ether oxygens (including phenoxy) is 2. The van der Waals surface area contributed by atoms with Crippen LogP contribution in [0.4, 0.5) is 0 Å². The first-order chi connectivity index (χ1) is 5.16. The van der Waals surface area contributed by atoms with Crippen molar-refractivity contribution >= 4 is 0 Å². The fourth-order valence-electron chi connectivity index (χ4n) is 0.897. The molecule has 0 aromatic rings. The number of nitrogens with zero attached hydrogens (tertiary/aromatic N) is 1. The SMILES string of the molecule is CC(C#N)OCC1(C)COC1. The lowest BCUT2D eigenvalue weighted by Crippen LogP contribution is -2.44. The monoisotopic (exact) mass is 155 g/mol. The zero-order chi connectivity index (χ0) is 8.32. The highest BCUT2D eigenvalue weighted by molar-refractivity contribution is 4.84. The first-order valence-electron chi connectivity index (χ1n) is 3.75. The minimum atomic E-state index is -0.299. The molecule has 1 heterocycles. The van der Waals surface area contributed by atoms with E-state index in [9.17, 15) is 0 Å². The van der Waals surface area contributed by atoms with Gasteiger partial charge in [-0.05, 0) is 6.92 Å². The molecular formula is C8H13NO2. The zero-order valence-electron chi connectivity index (χ0n) is 6.96. The average Bonchev–Trinajstić information content (AvgIpc) is 1.96. The predicted molar refractivity (Wildman–Crippen MR) is 40.0 cm³/mol. The van der Waals surface area contributed by atoms with Crippen molar-refractivity contribution in [2.24, 2.45) is 5.41 Å². The Morgan fingerprint density at radius 2 is 2.36 bits per heavy atom. The molecule has 1 fully saturated rings. The van der Waals surface area contributed by atoms with Crippen LogP contribution in [0.3, 0.4) is 0 Å². The maximum Gasteiger partial charge on any atom is 0.141 e. The van der Waals surface area contributed by atoms with Gasteiger partial charge in [0.1, 0.15) is 6.10 Å². The Hall–Kier alpha value is -0.590. The van der Waals surface area contributed by atoms with Gasteiger partial charge in [0.15, 0.2) is 0 Å². The molecule has 62 valence electrons. The van der Waals surface area contributed by atoms with E-state index in [0.717, 1.165) is 13.2 Å². The molecule has 1 atom stereocenters. The topological polar surface area (TPSA) is 42.2 Å². The third-order valence-corrected chi connectivity index (χ3v) is 1.76. The largest absolute Gasteiger partial charge is 0.380 e. The van der Waals surface area contributed by atoms with Gasteiger partial charge in [-0.2, -0.15) is 5.26 Å². The van der Waals surface area contributed by atoms with E-state index in [1.54, 1.807) is 6.92 Å². The van der Waals surface area contributed by atoms with Crippen molar-refractivity contribution in [3.63, 3.8) is 0 Å². The normalized spacial score (nSPS) is 23.4. The quantitative estimate of drug-likeness (QED) is 0.609. The van der Waals surface area contributed by atoms with Gasteiger partial charge in [0, 0.05) is 5.41 Å². The van der Waals surface area contributed by atoms with Gasteiger partial charge < -0.3 is 9.47 Å². The van der Waals surface area contributed by atoms with Crippen molar-refractivity contribution in [1.82, 2.24) is 0 Å². The van der Waals surface area contributed by atoms with E-state index in [1.807, 2.05) is 6.07 Å². The summed E-state index contributed by atoms with van der Waals surface area (Å²) in [5.41, 5.74) is 0.158. The van der Waals surface area contributed by atoms with Gasteiger partial charge in [-0.15, -0.1) is 0 Å². The second-order valence-electron chi connectivity index (χ2n) is 3.39. The van der Waals surface area contributed by atoms with Crippen molar-refractivity contribution in [2.45, 2.75) is 20.0 Å². The van der Waals surface area contributed by atoms with Gasteiger partial charge in [-0.1, -0.05) is 6.92 Å². The van der Waals surface area contributed by atoms with E-state index in [4.69, 9.17) is 14.7 Å². The van der Waals surface area contributed by atoms with Crippen LogP contribution in [0.15, 0.2) is 0 Å². The highest BCUT2D eigenvalue weighted by Gasteiger charge is 2.33. The molecule has 0 bridgehead atoms. The lowest BCUT2D eigenvalue weighted by molar-refractivity contribution is -0.142. The Bertz CT molecular complexity index is 169. The molecule has 3 nitrogen and oxygen atoms in total. The van der Waals surface area contributed by atoms with Crippen LogP contribution in [0.2, 0.25) is 0 Å². The number of nitriles is 1. The average molecular weight is 155 g/mol. The minimum Gasteiger partial charge on any atom is -0.380 e. The Kier molecular flexibility index (Phi) is 2.48. The van der Waals surface area contributed by atoms with Gasteiger partial charge in [-0.25, -0.2) is 0 Å². The predicted octanol–water partition coefficient (Wildman–Crippen LogP) is 0.952. The molecule has 1 aliphatic heterocycles. The van der Waals surface area contributed by atoms with E-state index in [0.29, 0.717) is 6.61 Å². The molecule has 1 aliphatic rings. The molecule has 0 amide bonds. The van der Waals surface area contributed by atoms with Crippen LogP contribution in [0, 0.1) is 16.7 Å². The Balaban J connectivity index is 2.17. The van der Waals surface area contributed by atoms with Crippen LogP contribution in [0.25, 0.3) is 0 Å². The summed E-state index contributed by atoms with van der Waals surface area (Å²) in [4.78, 5) is 0. The zero-order valence-corrected chi connectivity index (χ0v) is 6.96. The van der Waals surface area contributed by atoms with Gasteiger partial charge in [0.05, 0.1) is 25.9 Å². The second kappa shape index (κ2) is 3.21. The minimum absolute atomic E-state index is 0.158. The molecule has 0 aromatic carbocycles. The summed E-state index contributed by atoms with van der Waals surface area (Å²) in [6, 6.07) is 2.02. The Labute approximate surface area is 66.9 Å². The van der Waals surface area contributed by atoms with Crippen LogP contribution in [0.1, 0.15) is 13.8 Å². The van der Waals surface area contributed by atoms with Crippen LogP contribution in [0.5, 0.6) is 0 Å². The summed E-state index contributed by atoms with van der Waals surface area (Å²) < 4.78 is 10.3. The second-order valence-corrected chi connectivity index (χ2v) is 3.39. The Morgan fingerprint density at radius 1 is 1.73 bits per heavy atom. The van der Waals surface area contributed by atoms with E-state index < -0.39 is 0 Å². The molecule has 1 rings (SSSR count).